The highest BCUT2D eigenvalue weighted by atomic mass is 16.7. The smallest absolute Gasteiger partial charge is 0.399 e. The van der Waals surface area contributed by atoms with E-state index in [9.17, 15) is 0 Å². The van der Waals surface area contributed by atoms with Gasteiger partial charge in [-0.25, -0.2) is 0 Å². The molecule has 0 radical (unpaired) electrons. The van der Waals surface area contributed by atoms with Gasteiger partial charge in [-0.05, 0) is 88.4 Å². The van der Waals surface area contributed by atoms with E-state index in [1.165, 1.54) is 55.3 Å². The maximum Gasteiger partial charge on any atom is 0.495 e. The van der Waals surface area contributed by atoms with Crippen molar-refractivity contribution >= 4 is 23.4 Å². The lowest BCUT2D eigenvalue weighted by Gasteiger charge is -2.32. The average Bonchev–Trinajstić information content (AvgIpc) is 3.48. The van der Waals surface area contributed by atoms with E-state index in [2.05, 4.69) is 131 Å². The Balaban J connectivity index is 1.53. The van der Waals surface area contributed by atoms with Gasteiger partial charge in [0.05, 0.1) is 16.6 Å². The SMILES string of the molecule is CC1(C)OB(c2cc3c(c4ccccc24)-c2ccccc2C32c3ccccc3-c3ccccc32)OC1(C)C. The first-order chi connectivity index (χ1) is 18.3. The quantitative estimate of drug-likeness (QED) is 0.221. The van der Waals surface area contributed by atoms with E-state index < -0.39 is 18.3 Å². The Kier molecular flexibility index (Phi) is 4.26. The number of hydrogen-bond acceptors (Lipinski definition) is 2. The molecule has 38 heavy (non-hydrogen) atoms. The largest absolute Gasteiger partial charge is 0.495 e. The highest BCUT2D eigenvalue weighted by molar-refractivity contribution is 6.65. The van der Waals surface area contributed by atoms with Gasteiger partial charge in [-0.1, -0.05) is 103 Å². The third-order valence-corrected chi connectivity index (χ3v) is 9.54. The molecule has 8 rings (SSSR count). The monoisotopic (exact) mass is 492 g/mol. The molecule has 5 aromatic carbocycles. The maximum absolute atomic E-state index is 6.66. The fourth-order valence-electron chi connectivity index (χ4n) is 7.14. The van der Waals surface area contributed by atoms with E-state index >= 15 is 0 Å². The number of benzene rings is 5. The molecule has 184 valence electrons. The maximum atomic E-state index is 6.66. The van der Waals surface area contributed by atoms with Crippen LogP contribution in [0.2, 0.25) is 0 Å². The van der Waals surface area contributed by atoms with Crippen molar-refractivity contribution in [1.82, 2.24) is 0 Å². The molecule has 2 nitrogen and oxygen atoms in total. The van der Waals surface area contributed by atoms with E-state index in [-0.39, 0.29) is 5.41 Å². The zero-order valence-electron chi connectivity index (χ0n) is 22.2. The van der Waals surface area contributed by atoms with E-state index in [1.54, 1.807) is 0 Å². The minimum Gasteiger partial charge on any atom is -0.399 e. The molecule has 0 amide bonds. The van der Waals surface area contributed by atoms with Crippen molar-refractivity contribution in [2.45, 2.75) is 44.3 Å². The molecule has 1 spiro atoms. The van der Waals surface area contributed by atoms with Gasteiger partial charge in [-0.2, -0.15) is 0 Å². The molecule has 1 fully saturated rings. The Hall–Kier alpha value is -3.66. The molecule has 0 atom stereocenters. The summed E-state index contributed by atoms with van der Waals surface area (Å²) in [5.74, 6) is 0. The van der Waals surface area contributed by atoms with Crippen molar-refractivity contribution in [1.29, 1.82) is 0 Å². The second-order valence-electron chi connectivity index (χ2n) is 11.9. The van der Waals surface area contributed by atoms with Gasteiger partial charge in [0.25, 0.3) is 0 Å². The van der Waals surface area contributed by atoms with Crippen LogP contribution >= 0.6 is 0 Å². The van der Waals surface area contributed by atoms with Crippen molar-refractivity contribution in [3.63, 3.8) is 0 Å². The molecule has 1 heterocycles. The summed E-state index contributed by atoms with van der Waals surface area (Å²) >= 11 is 0. The Morgan fingerprint density at radius 2 is 0.947 bits per heavy atom. The first-order valence-electron chi connectivity index (χ1n) is 13.6. The van der Waals surface area contributed by atoms with Crippen molar-refractivity contribution in [3.8, 4) is 22.3 Å². The molecule has 0 saturated carbocycles. The van der Waals surface area contributed by atoms with Crippen LogP contribution in [0.4, 0.5) is 0 Å². The van der Waals surface area contributed by atoms with Crippen LogP contribution in [0.5, 0.6) is 0 Å². The Morgan fingerprint density at radius 1 is 0.500 bits per heavy atom. The number of rotatable bonds is 1. The number of hydrogen-bond donors (Lipinski definition) is 0. The molecule has 1 saturated heterocycles. The second kappa shape index (κ2) is 7.25. The highest BCUT2D eigenvalue weighted by Gasteiger charge is 2.55. The Labute approximate surface area is 224 Å². The Bertz CT molecular complexity index is 1740. The normalized spacial score (nSPS) is 18.9. The van der Waals surface area contributed by atoms with Crippen molar-refractivity contribution in [2.75, 3.05) is 0 Å². The first kappa shape index (κ1) is 22.3. The van der Waals surface area contributed by atoms with Gasteiger partial charge in [0, 0.05) is 0 Å². The molecule has 0 unspecified atom stereocenters. The van der Waals surface area contributed by atoms with Crippen LogP contribution in [0.3, 0.4) is 0 Å². The van der Waals surface area contributed by atoms with E-state index in [0.717, 1.165) is 5.46 Å². The first-order valence-corrected chi connectivity index (χ1v) is 13.6. The third kappa shape index (κ3) is 2.56. The molecule has 0 aromatic heterocycles. The molecule has 5 aromatic rings. The summed E-state index contributed by atoms with van der Waals surface area (Å²) in [5.41, 5.74) is 10.5. The summed E-state index contributed by atoms with van der Waals surface area (Å²) < 4.78 is 13.3. The van der Waals surface area contributed by atoms with Crippen LogP contribution in [0.15, 0.2) is 103 Å². The lowest BCUT2D eigenvalue weighted by Crippen LogP contribution is -2.41. The van der Waals surface area contributed by atoms with Gasteiger partial charge in [0.15, 0.2) is 0 Å². The molecule has 2 aliphatic carbocycles. The molecular weight excluding hydrogens is 463 g/mol. The summed E-state index contributed by atoms with van der Waals surface area (Å²) in [4.78, 5) is 0. The Morgan fingerprint density at radius 3 is 1.53 bits per heavy atom. The molecule has 0 bridgehead atoms. The predicted octanol–water partition coefficient (Wildman–Crippen LogP) is 7.48. The van der Waals surface area contributed by atoms with E-state index in [0.29, 0.717) is 0 Å². The van der Waals surface area contributed by atoms with E-state index in [4.69, 9.17) is 9.31 Å². The van der Waals surface area contributed by atoms with E-state index in [1.807, 2.05) is 0 Å². The zero-order chi connectivity index (χ0) is 25.9. The standard InChI is InChI=1S/C35H29BO2/c1-33(2)34(3,4)38-36(37-33)31-21-30-32(25-16-6-5-15-24(25)31)26-17-9-12-20-29(26)35(30)27-18-10-7-13-22(27)23-14-8-11-19-28(23)35/h5-21H,1-4H3. The summed E-state index contributed by atoms with van der Waals surface area (Å²) in [6, 6.07) is 38.1. The summed E-state index contributed by atoms with van der Waals surface area (Å²) in [6.45, 7) is 8.51. The fourth-order valence-corrected chi connectivity index (χ4v) is 7.14. The van der Waals surface area contributed by atoms with Crippen LogP contribution in [0.25, 0.3) is 33.0 Å². The van der Waals surface area contributed by atoms with Crippen LogP contribution in [0.1, 0.15) is 49.9 Å². The molecule has 1 aliphatic heterocycles. The summed E-state index contributed by atoms with van der Waals surface area (Å²) in [6.07, 6.45) is 0. The molecule has 3 heteroatoms. The average molecular weight is 492 g/mol. The topological polar surface area (TPSA) is 18.5 Å². The van der Waals surface area contributed by atoms with Gasteiger partial charge < -0.3 is 9.31 Å². The fraction of sp³-hybridized carbons (Fsp3) is 0.200. The van der Waals surface area contributed by atoms with Crippen molar-refractivity contribution < 1.29 is 9.31 Å². The van der Waals surface area contributed by atoms with Crippen molar-refractivity contribution in [2.24, 2.45) is 0 Å². The zero-order valence-corrected chi connectivity index (χ0v) is 22.2. The summed E-state index contributed by atoms with van der Waals surface area (Å²) in [7, 11) is -0.442. The predicted molar refractivity (Wildman–Crippen MR) is 156 cm³/mol. The van der Waals surface area contributed by atoms with Crippen LogP contribution in [-0.2, 0) is 14.7 Å². The highest BCUT2D eigenvalue weighted by Crippen LogP contribution is 2.63. The molecular formula is C35H29BO2. The minimum atomic E-state index is -0.442. The minimum absolute atomic E-state index is 0.387. The molecule has 3 aliphatic rings. The lowest BCUT2D eigenvalue weighted by molar-refractivity contribution is 0.00578. The van der Waals surface area contributed by atoms with Gasteiger partial charge in [-0.3, -0.25) is 0 Å². The van der Waals surface area contributed by atoms with Crippen molar-refractivity contribution in [3.05, 3.63) is 125 Å². The van der Waals surface area contributed by atoms with Crippen LogP contribution in [0, 0.1) is 0 Å². The van der Waals surface area contributed by atoms with Crippen LogP contribution < -0.4 is 5.46 Å². The van der Waals surface area contributed by atoms with Crippen LogP contribution in [-0.4, -0.2) is 18.3 Å². The second-order valence-corrected chi connectivity index (χ2v) is 11.9. The third-order valence-electron chi connectivity index (χ3n) is 9.54. The number of fused-ring (bicyclic) bond motifs is 12. The molecule has 0 N–H and O–H groups in total. The van der Waals surface area contributed by atoms with Gasteiger partial charge in [0.2, 0.25) is 0 Å². The van der Waals surface area contributed by atoms with Gasteiger partial charge >= 0.3 is 7.12 Å². The lowest BCUT2D eigenvalue weighted by atomic mass is 9.67. The van der Waals surface area contributed by atoms with Gasteiger partial charge in [0.1, 0.15) is 0 Å². The van der Waals surface area contributed by atoms with Gasteiger partial charge in [-0.15, -0.1) is 0 Å². The summed E-state index contributed by atoms with van der Waals surface area (Å²) in [5, 5.41) is 2.44.